The van der Waals surface area contributed by atoms with Crippen LogP contribution in [0.1, 0.15) is 22.7 Å². The maximum Gasteiger partial charge on any atom is 0.471 e. The number of rotatable bonds is 3. The van der Waals surface area contributed by atoms with E-state index in [-0.39, 0.29) is 5.82 Å². The van der Waals surface area contributed by atoms with Crippen molar-refractivity contribution in [3.63, 3.8) is 0 Å². The number of nitrogens with zero attached hydrogens (tertiary/aromatic N) is 3. The summed E-state index contributed by atoms with van der Waals surface area (Å²) in [6.45, 7) is 1.96. The molecule has 0 amide bonds. The zero-order valence-corrected chi connectivity index (χ0v) is 12.1. The number of alkyl halides is 3. The predicted molar refractivity (Wildman–Crippen MR) is 76.5 cm³/mol. The third-order valence-electron chi connectivity index (χ3n) is 3.24. The van der Waals surface area contributed by atoms with Gasteiger partial charge in [-0.25, -0.2) is 0 Å². The van der Waals surface area contributed by atoms with Crippen LogP contribution in [0.25, 0.3) is 11.4 Å². The molecule has 1 aromatic carbocycles. The fourth-order valence-corrected chi connectivity index (χ4v) is 2.04. The zero-order chi connectivity index (χ0) is 16.4. The van der Waals surface area contributed by atoms with Crippen LogP contribution >= 0.6 is 0 Å². The average molecular weight is 319 g/mol. The van der Waals surface area contributed by atoms with Gasteiger partial charge in [-0.05, 0) is 24.1 Å². The van der Waals surface area contributed by atoms with E-state index in [0.717, 1.165) is 16.8 Å². The quantitative estimate of drug-likeness (QED) is 0.731. The van der Waals surface area contributed by atoms with Crippen molar-refractivity contribution < 1.29 is 17.7 Å². The molecule has 0 saturated heterocycles. The lowest BCUT2D eigenvalue weighted by molar-refractivity contribution is -0.159. The number of halogens is 3. The third-order valence-corrected chi connectivity index (χ3v) is 3.24. The summed E-state index contributed by atoms with van der Waals surface area (Å²) < 4.78 is 41.6. The molecule has 23 heavy (non-hydrogen) atoms. The first-order valence-corrected chi connectivity index (χ1v) is 6.83. The van der Waals surface area contributed by atoms with Crippen molar-refractivity contribution in [1.82, 2.24) is 15.1 Å². The van der Waals surface area contributed by atoms with Crippen molar-refractivity contribution in [1.29, 1.82) is 0 Å². The molecule has 0 radical (unpaired) electrons. The molecule has 3 rings (SSSR count). The standard InChI is InChI=1S/C16H12F3N3O/c1-10-2-7-13(20-9-10)8-11-3-5-12(6-4-11)14-21-15(23-22-14)16(17,18)19/h2-7,9H,8H2,1H3. The second-order valence-corrected chi connectivity index (χ2v) is 5.12. The van der Waals surface area contributed by atoms with Gasteiger partial charge in [-0.3, -0.25) is 4.98 Å². The molecule has 118 valence electrons. The van der Waals surface area contributed by atoms with E-state index in [1.54, 1.807) is 30.5 Å². The number of aromatic nitrogens is 3. The summed E-state index contributed by atoms with van der Waals surface area (Å²) in [6, 6.07) is 10.9. The molecule has 0 bridgehead atoms. The van der Waals surface area contributed by atoms with Gasteiger partial charge in [0.25, 0.3) is 0 Å². The molecule has 0 aliphatic rings. The maximum absolute atomic E-state index is 12.4. The van der Waals surface area contributed by atoms with Gasteiger partial charge in [-0.1, -0.05) is 35.5 Å². The molecule has 2 aromatic heterocycles. The van der Waals surface area contributed by atoms with Crippen LogP contribution < -0.4 is 0 Å². The Morgan fingerprint density at radius 2 is 1.78 bits per heavy atom. The van der Waals surface area contributed by atoms with E-state index in [4.69, 9.17) is 0 Å². The van der Waals surface area contributed by atoms with Gasteiger partial charge in [0.05, 0.1) is 0 Å². The van der Waals surface area contributed by atoms with Gasteiger partial charge in [0.15, 0.2) is 0 Å². The Hall–Kier alpha value is -2.70. The monoisotopic (exact) mass is 319 g/mol. The van der Waals surface area contributed by atoms with Crippen molar-refractivity contribution >= 4 is 0 Å². The molecule has 7 heteroatoms. The predicted octanol–water partition coefficient (Wildman–Crippen LogP) is 4.05. The van der Waals surface area contributed by atoms with Crippen LogP contribution in [-0.2, 0) is 12.6 Å². The molecule has 0 saturated carbocycles. The summed E-state index contributed by atoms with van der Waals surface area (Å²) in [6.07, 6.45) is -2.20. The van der Waals surface area contributed by atoms with E-state index in [0.29, 0.717) is 12.0 Å². The molecule has 0 aliphatic heterocycles. The minimum atomic E-state index is -4.64. The van der Waals surface area contributed by atoms with Crippen LogP contribution in [0.4, 0.5) is 13.2 Å². The summed E-state index contributed by atoms with van der Waals surface area (Å²) in [5.74, 6) is -1.43. The second-order valence-electron chi connectivity index (χ2n) is 5.12. The molecule has 3 aromatic rings. The Kier molecular flexibility index (Phi) is 3.85. The van der Waals surface area contributed by atoms with Gasteiger partial charge >= 0.3 is 12.1 Å². The van der Waals surface area contributed by atoms with E-state index in [9.17, 15) is 13.2 Å². The Morgan fingerprint density at radius 3 is 2.35 bits per heavy atom. The first kappa shape index (κ1) is 15.2. The van der Waals surface area contributed by atoms with Crippen molar-refractivity contribution in [2.75, 3.05) is 0 Å². The molecule has 0 spiro atoms. The summed E-state index contributed by atoms with van der Waals surface area (Å²) in [5.41, 5.74) is 3.46. The highest BCUT2D eigenvalue weighted by molar-refractivity contribution is 5.54. The van der Waals surface area contributed by atoms with Gasteiger partial charge in [-0.15, -0.1) is 0 Å². The van der Waals surface area contributed by atoms with Crippen molar-refractivity contribution in [3.8, 4) is 11.4 Å². The lowest BCUT2D eigenvalue weighted by atomic mass is 10.1. The number of benzene rings is 1. The topological polar surface area (TPSA) is 51.8 Å². The Bertz CT molecular complexity index is 793. The van der Waals surface area contributed by atoms with Gasteiger partial charge < -0.3 is 4.52 Å². The van der Waals surface area contributed by atoms with E-state index in [1.165, 1.54) is 0 Å². The van der Waals surface area contributed by atoms with Crippen LogP contribution in [-0.4, -0.2) is 15.1 Å². The van der Waals surface area contributed by atoms with Crippen molar-refractivity contribution in [2.24, 2.45) is 0 Å². The van der Waals surface area contributed by atoms with E-state index >= 15 is 0 Å². The summed E-state index contributed by atoms with van der Waals surface area (Å²) in [5, 5.41) is 3.36. The first-order valence-electron chi connectivity index (χ1n) is 6.83. The minimum Gasteiger partial charge on any atom is -0.329 e. The molecule has 0 atom stereocenters. The lowest BCUT2D eigenvalue weighted by Gasteiger charge is -2.02. The van der Waals surface area contributed by atoms with Crippen LogP contribution in [0.5, 0.6) is 0 Å². The fourth-order valence-electron chi connectivity index (χ4n) is 2.04. The molecule has 0 aliphatic carbocycles. The lowest BCUT2D eigenvalue weighted by Crippen LogP contribution is -2.04. The van der Waals surface area contributed by atoms with Crippen LogP contribution in [0, 0.1) is 6.92 Å². The number of pyridine rings is 1. The Morgan fingerprint density at radius 1 is 1.04 bits per heavy atom. The van der Waals surface area contributed by atoms with Crippen LogP contribution in [0.3, 0.4) is 0 Å². The number of aryl methyl sites for hydroxylation is 1. The highest BCUT2D eigenvalue weighted by Crippen LogP contribution is 2.29. The summed E-state index contributed by atoms with van der Waals surface area (Å²) in [7, 11) is 0. The summed E-state index contributed by atoms with van der Waals surface area (Å²) in [4.78, 5) is 7.68. The zero-order valence-electron chi connectivity index (χ0n) is 12.1. The molecular weight excluding hydrogens is 307 g/mol. The molecule has 0 unspecified atom stereocenters. The largest absolute Gasteiger partial charge is 0.471 e. The normalized spacial score (nSPS) is 11.7. The second kappa shape index (κ2) is 5.83. The molecule has 0 fully saturated rings. The number of hydrogen-bond acceptors (Lipinski definition) is 4. The number of hydrogen-bond donors (Lipinski definition) is 0. The minimum absolute atomic E-state index is 0.0858. The van der Waals surface area contributed by atoms with Gasteiger partial charge in [0.2, 0.25) is 5.82 Å². The Balaban J connectivity index is 1.76. The Labute approximate surface area is 130 Å². The van der Waals surface area contributed by atoms with Crippen LogP contribution in [0.15, 0.2) is 47.1 Å². The first-order chi connectivity index (χ1) is 10.9. The highest BCUT2D eigenvalue weighted by atomic mass is 19.4. The fraction of sp³-hybridized carbons (Fsp3) is 0.188. The smallest absolute Gasteiger partial charge is 0.329 e. The maximum atomic E-state index is 12.4. The van der Waals surface area contributed by atoms with E-state index in [1.807, 2.05) is 19.1 Å². The molecular formula is C16H12F3N3O. The van der Waals surface area contributed by atoms with E-state index in [2.05, 4.69) is 19.6 Å². The van der Waals surface area contributed by atoms with Crippen LogP contribution in [0.2, 0.25) is 0 Å². The van der Waals surface area contributed by atoms with Gasteiger partial charge in [0, 0.05) is 23.9 Å². The van der Waals surface area contributed by atoms with Crippen molar-refractivity contribution in [2.45, 2.75) is 19.5 Å². The molecule has 0 N–H and O–H groups in total. The molecule has 2 heterocycles. The van der Waals surface area contributed by atoms with Gasteiger partial charge in [-0.2, -0.15) is 18.2 Å². The highest BCUT2D eigenvalue weighted by Gasteiger charge is 2.38. The van der Waals surface area contributed by atoms with Gasteiger partial charge in [0.1, 0.15) is 0 Å². The van der Waals surface area contributed by atoms with E-state index < -0.39 is 12.1 Å². The van der Waals surface area contributed by atoms with Crippen molar-refractivity contribution in [3.05, 3.63) is 65.3 Å². The molecule has 4 nitrogen and oxygen atoms in total. The summed E-state index contributed by atoms with van der Waals surface area (Å²) >= 11 is 0. The SMILES string of the molecule is Cc1ccc(Cc2ccc(-c3noc(C(F)(F)F)n3)cc2)nc1. The third kappa shape index (κ3) is 3.56. The average Bonchev–Trinajstić information content (AvgIpc) is 3.00.